The normalized spacial score (nSPS) is 29.5. The van der Waals surface area contributed by atoms with Gasteiger partial charge in [0.2, 0.25) is 0 Å². The Labute approximate surface area is 161 Å². The molecule has 2 aliphatic carbocycles. The minimum absolute atomic E-state index is 0.172. The third-order valence-electron chi connectivity index (χ3n) is 6.21. The fraction of sp³-hybridized carbons (Fsp3) is 0.474. The molecule has 0 saturated heterocycles. The molecule has 3 aromatic rings. The SMILES string of the molecule is OC[C@H]1[C@@H]2C[C@H](n3cnc4c(NCc5ccncc5)ncnc43)[C@H]1C[C@@H]2Cl. The number of alkyl halides is 1. The first kappa shape index (κ1) is 16.9. The minimum atomic E-state index is 0.172. The maximum atomic E-state index is 9.79. The van der Waals surface area contributed by atoms with Crippen LogP contribution < -0.4 is 5.32 Å². The summed E-state index contributed by atoms with van der Waals surface area (Å²) in [7, 11) is 0. The molecule has 0 aliphatic heterocycles. The molecule has 5 rings (SSSR count). The number of nitrogens with zero attached hydrogens (tertiary/aromatic N) is 5. The zero-order chi connectivity index (χ0) is 18.4. The van der Waals surface area contributed by atoms with E-state index in [4.69, 9.17) is 11.6 Å². The highest BCUT2D eigenvalue weighted by Crippen LogP contribution is 2.56. The van der Waals surface area contributed by atoms with Crippen molar-refractivity contribution in [2.75, 3.05) is 11.9 Å². The average Bonchev–Trinajstić information content (AvgIpc) is 3.37. The Bertz CT molecular complexity index is 948. The number of pyridine rings is 1. The number of aliphatic hydroxyl groups is 1. The van der Waals surface area contributed by atoms with Crippen LogP contribution >= 0.6 is 11.6 Å². The number of anilines is 1. The van der Waals surface area contributed by atoms with Crippen molar-refractivity contribution in [3.8, 4) is 0 Å². The van der Waals surface area contributed by atoms with Gasteiger partial charge in [-0.2, -0.15) is 0 Å². The average molecular weight is 385 g/mol. The third-order valence-corrected chi connectivity index (χ3v) is 6.71. The number of rotatable bonds is 5. The third kappa shape index (κ3) is 2.76. The summed E-state index contributed by atoms with van der Waals surface area (Å²) in [5, 5.41) is 13.3. The van der Waals surface area contributed by atoms with E-state index < -0.39 is 0 Å². The van der Waals surface area contributed by atoms with E-state index in [1.165, 1.54) is 0 Å². The lowest BCUT2D eigenvalue weighted by atomic mass is 9.94. The Kier molecular flexibility index (Phi) is 4.21. The van der Waals surface area contributed by atoms with Gasteiger partial charge in [-0.05, 0) is 48.3 Å². The lowest BCUT2D eigenvalue weighted by Crippen LogP contribution is -2.21. The van der Waals surface area contributed by atoms with Gasteiger partial charge in [0.15, 0.2) is 11.5 Å². The molecule has 27 heavy (non-hydrogen) atoms. The Morgan fingerprint density at radius 2 is 2.00 bits per heavy atom. The van der Waals surface area contributed by atoms with Crippen LogP contribution in [0.1, 0.15) is 24.4 Å². The molecule has 3 aromatic heterocycles. The van der Waals surface area contributed by atoms with Crippen LogP contribution in [0.3, 0.4) is 0 Å². The summed E-state index contributed by atoms with van der Waals surface area (Å²) in [6.07, 6.45) is 8.91. The van der Waals surface area contributed by atoms with Crippen molar-refractivity contribution in [2.24, 2.45) is 17.8 Å². The summed E-state index contributed by atoms with van der Waals surface area (Å²) < 4.78 is 2.16. The Morgan fingerprint density at radius 3 is 2.78 bits per heavy atom. The maximum absolute atomic E-state index is 9.79. The second kappa shape index (κ2) is 6.73. The molecule has 2 saturated carbocycles. The van der Waals surface area contributed by atoms with E-state index in [2.05, 4.69) is 29.8 Å². The number of nitrogens with one attached hydrogen (secondary N) is 1. The zero-order valence-corrected chi connectivity index (χ0v) is 15.5. The molecule has 7 nitrogen and oxygen atoms in total. The molecule has 0 radical (unpaired) electrons. The molecular weight excluding hydrogens is 364 g/mol. The molecule has 0 aromatic carbocycles. The van der Waals surface area contributed by atoms with Crippen LogP contribution in [0, 0.1) is 17.8 Å². The first-order valence-electron chi connectivity index (χ1n) is 9.31. The van der Waals surface area contributed by atoms with Crippen LogP contribution in [0.25, 0.3) is 11.2 Å². The smallest absolute Gasteiger partial charge is 0.165 e. The maximum Gasteiger partial charge on any atom is 0.165 e. The van der Waals surface area contributed by atoms with Crippen LogP contribution in [0.5, 0.6) is 0 Å². The van der Waals surface area contributed by atoms with E-state index in [-0.39, 0.29) is 23.9 Å². The molecule has 5 atom stereocenters. The number of hydrogen-bond acceptors (Lipinski definition) is 6. The van der Waals surface area contributed by atoms with E-state index in [1.54, 1.807) is 18.7 Å². The van der Waals surface area contributed by atoms with E-state index >= 15 is 0 Å². The summed E-state index contributed by atoms with van der Waals surface area (Å²) in [4.78, 5) is 17.5. The van der Waals surface area contributed by atoms with E-state index in [9.17, 15) is 5.11 Å². The molecule has 2 aliphatic rings. The van der Waals surface area contributed by atoms with E-state index in [0.29, 0.717) is 18.4 Å². The van der Waals surface area contributed by atoms with Crippen LogP contribution in [-0.2, 0) is 6.54 Å². The molecule has 2 fully saturated rings. The van der Waals surface area contributed by atoms with Crippen LogP contribution in [0.2, 0.25) is 0 Å². The van der Waals surface area contributed by atoms with Crippen LogP contribution in [0.4, 0.5) is 5.82 Å². The van der Waals surface area contributed by atoms with E-state index in [0.717, 1.165) is 35.4 Å². The van der Waals surface area contributed by atoms with Crippen molar-refractivity contribution in [3.05, 3.63) is 42.7 Å². The molecule has 0 spiro atoms. The molecular formula is C19H21ClN6O. The topological polar surface area (TPSA) is 88.8 Å². The number of halogens is 1. The highest BCUT2D eigenvalue weighted by atomic mass is 35.5. The molecule has 140 valence electrons. The summed E-state index contributed by atoms with van der Waals surface area (Å²) in [5.41, 5.74) is 2.74. The van der Waals surface area contributed by atoms with Gasteiger partial charge < -0.3 is 15.0 Å². The van der Waals surface area contributed by atoms with Gasteiger partial charge in [-0.15, -0.1) is 11.6 Å². The quantitative estimate of drug-likeness (QED) is 0.657. The number of imidazole rings is 1. The highest BCUT2D eigenvalue weighted by molar-refractivity contribution is 6.21. The summed E-state index contributed by atoms with van der Waals surface area (Å²) >= 11 is 6.48. The van der Waals surface area contributed by atoms with Gasteiger partial charge in [-0.1, -0.05) is 0 Å². The predicted octanol–water partition coefficient (Wildman–Crippen LogP) is 2.63. The molecule has 0 unspecified atom stereocenters. The molecule has 0 amide bonds. The molecule has 2 N–H and O–H groups in total. The van der Waals surface area contributed by atoms with Gasteiger partial charge in [0.1, 0.15) is 11.8 Å². The first-order valence-corrected chi connectivity index (χ1v) is 9.75. The van der Waals surface area contributed by atoms with Gasteiger partial charge in [0, 0.05) is 37.0 Å². The minimum Gasteiger partial charge on any atom is -0.396 e. The van der Waals surface area contributed by atoms with Crippen molar-refractivity contribution in [1.29, 1.82) is 0 Å². The molecule has 3 heterocycles. The molecule has 2 bridgehead atoms. The van der Waals surface area contributed by atoms with Gasteiger partial charge in [0.05, 0.1) is 6.33 Å². The fourth-order valence-corrected chi connectivity index (χ4v) is 5.41. The highest BCUT2D eigenvalue weighted by Gasteiger charge is 2.53. The number of aliphatic hydroxyl groups excluding tert-OH is 1. The monoisotopic (exact) mass is 384 g/mol. The second-order valence-electron chi connectivity index (χ2n) is 7.48. The van der Waals surface area contributed by atoms with Gasteiger partial charge in [-0.25, -0.2) is 15.0 Å². The summed E-state index contributed by atoms with van der Waals surface area (Å²) in [5.74, 6) is 1.76. The van der Waals surface area contributed by atoms with Crippen molar-refractivity contribution in [1.82, 2.24) is 24.5 Å². The summed E-state index contributed by atoms with van der Waals surface area (Å²) in [6, 6.07) is 4.23. The molecule has 8 heteroatoms. The number of hydrogen-bond donors (Lipinski definition) is 2. The Morgan fingerprint density at radius 1 is 1.15 bits per heavy atom. The second-order valence-corrected chi connectivity index (χ2v) is 8.04. The number of fused-ring (bicyclic) bond motifs is 3. The fourth-order valence-electron chi connectivity index (χ4n) is 4.91. The van der Waals surface area contributed by atoms with Crippen LogP contribution in [-0.4, -0.2) is 41.6 Å². The van der Waals surface area contributed by atoms with Gasteiger partial charge >= 0.3 is 0 Å². The lowest BCUT2D eigenvalue weighted by molar-refractivity contribution is 0.185. The Balaban J connectivity index is 1.43. The van der Waals surface area contributed by atoms with Crippen molar-refractivity contribution >= 4 is 28.6 Å². The van der Waals surface area contributed by atoms with Crippen molar-refractivity contribution in [3.63, 3.8) is 0 Å². The largest absolute Gasteiger partial charge is 0.396 e. The predicted molar refractivity (Wildman–Crippen MR) is 102 cm³/mol. The van der Waals surface area contributed by atoms with Gasteiger partial charge in [-0.3, -0.25) is 4.98 Å². The zero-order valence-electron chi connectivity index (χ0n) is 14.7. The van der Waals surface area contributed by atoms with Crippen LogP contribution in [0.15, 0.2) is 37.2 Å². The Hall–Kier alpha value is -2.25. The summed E-state index contributed by atoms with van der Waals surface area (Å²) in [6.45, 7) is 0.853. The van der Waals surface area contributed by atoms with E-state index in [1.807, 2.05) is 18.5 Å². The standard InChI is InChI=1S/C19H21ClN6O/c20-15-5-13-14(8-27)12(15)6-16(13)26-10-25-17-18(23-9-24-19(17)26)22-7-11-1-3-21-4-2-11/h1-4,9-10,12-16,27H,5-8H2,(H,22,23,24)/t12-,13-,14-,15-,16-/m0/s1. The lowest BCUT2D eigenvalue weighted by Gasteiger charge is -2.25. The first-order chi connectivity index (χ1) is 13.3. The number of aromatic nitrogens is 5. The van der Waals surface area contributed by atoms with Gasteiger partial charge in [0.25, 0.3) is 0 Å². The van der Waals surface area contributed by atoms with Crippen molar-refractivity contribution in [2.45, 2.75) is 30.8 Å². The van der Waals surface area contributed by atoms with Crippen molar-refractivity contribution < 1.29 is 5.11 Å².